The topological polar surface area (TPSA) is 62.7 Å². The lowest BCUT2D eigenvalue weighted by molar-refractivity contribution is 0.921. The van der Waals surface area contributed by atoms with Gasteiger partial charge in [0.2, 0.25) is 0 Å². The van der Waals surface area contributed by atoms with Gasteiger partial charge in [0.05, 0.1) is 0 Å². The molecule has 5 heteroatoms. The smallest absolute Gasteiger partial charge is 0.136 e. The molecule has 0 unspecified atom stereocenters. The summed E-state index contributed by atoms with van der Waals surface area (Å²) < 4.78 is 0. The van der Waals surface area contributed by atoms with Crippen molar-refractivity contribution in [1.82, 2.24) is 15.0 Å². The van der Waals surface area contributed by atoms with Gasteiger partial charge in [0, 0.05) is 38.0 Å². The molecule has 2 N–H and O–H groups in total. The van der Waals surface area contributed by atoms with E-state index in [1.807, 2.05) is 31.6 Å². The summed E-state index contributed by atoms with van der Waals surface area (Å²) in [5.41, 5.74) is 2.42. The molecule has 0 spiro atoms. The van der Waals surface area contributed by atoms with Crippen molar-refractivity contribution >= 4 is 11.6 Å². The molecule has 20 heavy (non-hydrogen) atoms. The van der Waals surface area contributed by atoms with E-state index in [2.05, 4.69) is 32.5 Å². The molecule has 0 atom stereocenters. The fourth-order valence-corrected chi connectivity index (χ4v) is 2.08. The van der Waals surface area contributed by atoms with Gasteiger partial charge in [-0.25, -0.2) is 9.97 Å². The summed E-state index contributed by atoms with van der Waals surface area (Å²) in [6.07, 6.45) is 6.11. The fraction of sp³-hybridized carbons (Fsp3) is 0.400. The summed E-state index contributed by atoms with van der Waals surface area (Å²) in [5.74, 6) is 3.23. The number of aromatic nitrogens is 3. The van der Waals surface area contributed by atoms with Gasteiger partial charge in [0.1, 0.15) is 17.5 Å². The van der Waals surface area contributed by atoms with Crippen LogP contribution in [0.4, 0.5) is 11.6 Å². The number of nitrogens with one attached hydrogen (secondary N) is 2. The van der Waals surface area contributed by atoms with Crippen LogP contribution in [0.1, 0.15) is 35.7 Å². The maximum absolute atomic E-state index is 4.61. The first kappa shape index (κ1) is 12.8. The number of nitrogens with zero attached hydrogens (tertiary/aromatic N) is 3. The molecule has 1 aliphatic carbocycles. The van der Waals surface area contributed by atoms with E-state index in [0.717, 1.165) is 24.0 Å². The van der Waals surface area contributed by atoms with Gasteiger partial charge in [0.25, 0.3) is 0 Å². The normalized spacial score (nSPS) is 14.1. The molecule has 1 fully saturated rings. The molecular formula is C15H19N5. The molecule has 104 valence electrons. The molecular weight excluding hydrogens is 250 g/mol. The third kappa shape index (κ3) is 2.87. The van der Waals surface area contributed by atoms with E-state index < -0.39 is 0 Å². The van der Waals surface area contributed by atoms with Crippen LogP contribution in [0.25, 0.3) is 0 Å². The summed E-state index contributed by atoms with van der Waals surface area (Å²) in [5, 5.41) is 6.46. The maximum atomic E-state index is 4.61. The van der Waals surface area contributed by atoms with Crippen molar-refractivity contribution in [2.24, 2.45) is 0 Å². The van der Waals surface area contributed by atoms with Gasteiger partial charge in [-0.15, -0.1) is 0 Å². The second-order valence-corrected chi connectivity index (χ2v) is 5.18. The average molecular weight is 269 g/mol. The summed E-state index contributed by atoms with van der Waals surface area (Å²) in [6.45, 7) is 2.82. The minimum atomic E-state index is 0.545. The van der Waals surface area contributed by atoms with Gasteiger partial charge in [0.15, 0.2) is 0 Å². The molecule has 0 amide bonds. The molecule has 2 aromatic heterocycles. The zero-order valence-corrected chi connectivity index (χ0v) is 11.8. The fourth-order valence-electron chi connectivity index (χ4n) is 2.08. The predicted octanol–water partition coefficient (Wildman–Crippen LogP) is 2.71. The number of anilines is 2. The van der Waals surface area contributed by atoms with Crippen molar-refractivity contribution < 1.29 is 0 Å². The van der Waals surface area contributed by atoms with E-state index in [1.54, 1.807) is 0 Å². The second kappa shape index (κ2) is 5.45. The Hall–Kier alpha value is -2.17. The minimum absolute atomic E-state index is 0.545. The molecule has 0 aromatic carbocycles. The average Bonchev–Trinajstić information content (AvgIpc) is 3.31. The van der Waals surface area contributed by atoms with Crippen LogP contribution in [0, 0.1) is 6.92 Å². The molecule has 1 saturated carbocycles. The number of aryl methyl sites for hydroxylation is 1. The Morgan fingerprint density at radius 2 is 2.05 bits per heavy atom. The van der Waals surface area contributed by atoms with Crippen molar-refractivity contribution in [2.75, 3.05) is 17.7 Å². The molecule has 1 aliphatic rings. The molecule has 3 rings (SSSR count). The zero-order chi connectivity index (χ0) is 13.9. The summed E-state index contributed by atoms with van der Waals surface area (Å²) in [4.78, 5) is 13.3. The third-order valence-electron chi connectivity index (χ3n) is 3.55. The molecule has 0 saturated heterocycles. The first-order chi connectivity index (χ1) is 9.76. The molecule has 0 bridgehead atoms. The minimum Gasteiger partial charge on any atom is -0.373 e. The van der Waals surface area contributed by atoms with Gasteiger partial charge in [-0.05, 0) is 37.0 Å². The quantitative estimate of drug-likeness (QED) is 0.874. The molecule has 2 heterocycles. The first-order valence-electron chi connectivity index (χ1n) is 6.96. The SMILES string of the molecule is CNc1cc(NCc2cnccc2C)nc(C2CC2)n1. The lowest BCUT2D eigenvalue weighted by Crippen LogP contribution is -2.07. The Labute approximate surface area is 118 Å². The van der Waals surface area contributed by atoms with Crippen LogP contribution < -0.4 is 10.6 Å². The van der Waals surface area contributed by atoms with E-state index in [9.17, 15) is 0 Å². The third-order valence-corrected chi connectivity index (χ3v) is 3.55. The van der Waals surface area contributed by atoms with Crippen molar-refractivity contribution in [3.63, 3.8) is 0 Å². The lowest BCUT2D eigenvalue weighted by Gasteiger charge is -2.10. The standard InChI is InChI=1S/C15H19N5/c1-10-5-6-17-8-12(10)9-18-14-7-13(16-2)19-15(20-14)11-3-4-11/h5-8,11H,3-4,9H2,1-2H3,(H2,16,18,19,20). The van der Waals surface area contributed by atoms with Crippen LogP contribution in [0.15, 0.2) is 24.5 Å². The highest BCUT2D eigenvalue weighted by Crippen LogP contribution is 2.38. The number of rotatable bonds is 5. The first-order valence-corrected chi connectivity index (χ1v) is 6.96. The van der Waals surface area contributed by atoms with Gasteiger partial charge < -0.3 is 10.6 Å². The second-order valence-electron chi connectivity index (χ2n) is 5.18. The Morgan fingerprint density at radius 1 is 1.25 bits per heavy atom. The van der Waals surface area contributed by atoms with E-state index >= 15 is 0 Å². The van der Waals surface area contributed by atoms with Gasteiger partial charge in [-0.1, -0.05) is 0 Å². The summed E-state index contributed by atoms with van der Waals surface area (Å²) >= 11 is 0. The molecule has 5 nitrogen and oxygen atoms in total. The van der Waals surface area contributed by atoms with E-state index in [0.29, 0.717) is 5.92 Å². The predicted molar refractivity (Wildman–Crippen MR) is 79.9 cm³/mol. The van der Waals surface area contributed by atoms with Crippen LogP contribution in [-0.4, -0.2) is 22.0 Å². The van der Waals surface area contributed by atoms with E-state index in [-0.39, 0.29) is 0 Å². The maximum Gasteiger partial charge on any atom is 0.136 e. The van der Waals surface area contributed by atoms with Crippen molar-refractivity contribution in [1.29, 1.82) is 0 Å². The van der Waals surface area contributed by atoms with Crippen molar-refractivity contribution in [3.05, 3.63) is 41.5 Å². The number of hydrogen-bond acceptors (Lipinski definition) is 5. The number of pyridine rings is 1. The summed E-state index contributed by atoms with van der Waals surface area (Å²) in [6, 6.07) is 3.96. The Balaban J connectivity index is 1.76. The van der Waals surface area contributed by atoms with Gasteiger partial charge >= 0.3 is 0 Å². The monoisotopic (exact) mass is 269 g/mol. The van der Waals surface area contributed by atoms with Gasteiger partial charge in [-0.2, -0.15) is 0 Å². The van der Waals surface area contributed by atoms with Crippen molar-refractivity contribution in [2.45, 2.75) is 32.2 Å². The Bertz CT molecular complexity index is 607. The van der Waals surface area contributed by atoms with Crippen LogP contribution in [-0.2, 0) is 6.54 Å². The van der Waals surface area contributed by atoms with Crippen LogP contribution in [0.5, 0.6) is 0 Å². The zero-order valence-electron chi connectivity index (χ0n) is 11.8. The highest BCUT2D eigenvalue weighted by molar-refractivity contribution is 5.48. The Morgan fingerprint density at radius 3 is 2.75 bits per heavy atom. The summed E-state index contributed by atoms with van der Waals surface area (Å²) in [7, 11) is 1.88. The van der Waals surface area contributed by atoms with E-state index in [1.165, 1.54) is 24.0 Å². The van der Waals surface area contributed by atoms with Gasteiger partial charge in [-0.3, -0.25) is 4.98 Å². The Kier molecular flexibility index (Phi) is 3.50. The lowest BCUT2D eigenvalue weighted by atomic mass is 10.1. The van der Waals surface area contributed by atoms with Crippen LogP contribution in [0.3, 0.4) is 0 Å². The largest absolute Gasteiger partial charge is 0.373 e. The molecule has 0 aliphatic heterocycles. The molecule has 2 aromatic rings. The van der Waals surface area contributed by atoms with Crippen LogP contribution in [0.2, 0.25) is 0 Å². The van der Waals surface area contributed by atoms with Crippen LogP contribution >= 0.6 is 0 Å². The highest BCUT2D eigenvalue weighted by atomic mass is 15.1. The number of hydrogen-bond donors (Lipinski definition) is 2. The van der Waals surface area contributed by atoms with E-state index in [4.69, 9.17) is 0 Å². The highest BCUT2D eigenvalue weighted by Gasteiger charge is 2.27. The molecule has 0 radical (unpaired) electrons. The van der Waals surface area contributed by atoms with Crippen molar-refractivity contribution in [3.8, 4) is 0 Å².